The molecule has 1 aliphatic heterocycles. The number of nitrogens with one attached hydrogen (secondary N) is 1. The van der Waals surface area contributed by atoms with Gasteiger partial charge in [0, 0.05) is 12.1 Å². The first-order valence-corrected chi connectivity index (χ1v) is 6.46. The third-order valence-corrected chi connectivity index (χ3v) is 2.99. The molecule has 3 N–H and O–H groups in total. The second-order valence-corrected chi connectivity index (χ2v) is 5.70. The lowest BCUT2D eigenvalue weighted by Crippen LogP contribution is -2.36. The summed E-state index contributed by atoms with van der Waals surface area (Å²) in [7, 11) is 0. The van der Waals surface area contributed by atoms with Gasteiger partial charge in [0.25, 0.3) is 5.91 Å². The number of fused-ring (bicyclic) bond motifs is 1. The van der Waals surface area contributed by atoms with Crippen molar-refractivity contribution in [3.8, 4) is 0 Å². The van der Waals surface area contributed by atoms with Gasteiger partial charge >= 0.3 is 6.09 Å². The molecular weight excluding hydrogens is 258 g/mol. The molecule has 0 saturated heterocycles. The van der Waals surface area contributed by atoms with E-state index < -0.39 is 11.7 Å². The van der Waals surface area contributed by atoms with Crippen molar-refractivity contribution in [1.29, 1.82) is 0 Å². The molecule has 2 rings (SSSR count). The number of rotatable bonds is 1. The van der Waals surface area contributed by atoms with Crippen LogP contribution in [0.1, 0.15) is 36.7 Å². The molecule has 0 unspecified atom stereocenters. The van der Waals surface area contributed by atoms with Crippen LogP contribution in [0.15, 0.2) is 18.2 Å². The zero-order valence-corrected chi connectivity index (χ0v) is 11.9. The van der Waals surface area contributed by atoms with E-state index in [9.17, 15) is 9.59 Å². The van der Waals surface area contributed by atoms with Crippen LogP contribution in [0.3, 0.4) is 0 Å². The van der Waals surface area contributed by atoms with Crippen molar-refractivity contribution in [2.75, 3.05) is 11.4 Å². The molecule has 20 heavy (non-hydrogen) atoms. The molecule has 108 valence electrons. The Morgan fingerprint density at radius 2 is 2.05 bits per heavy atom. The SMILES string of the molecule is CC(C)(C)OC(=O)N1CCc2ccc(C(=O)NN)cc21. The molecule has 0 aliphatic carbocycles. The van der Waals surface area contributed by atoms with E-state index in [1.54, 1.807) is 17.0 Å². The van der Waals surface area contributed by atoms with Crippen LogP contribution in [0.5, 0.6) is 0 Å². The second-order valence-electron chi connectivity index (χ2n) is 5.70. The number of carbonyl (C=O) groups excluding carboxylic acids is 2. The molecule has 6 heteroatoms. The molecule has 0 saturated carbocycles. The summed E-state index contributed by atoms with van der Waals surface area (Å²) in [4.78, 5) is 25.3. The maximum Gasteiger partial charge on any atom is 0.414 e. The van der Waals surface area contributed by atoms with Crippen LogP contribution in [0.25, 0.3) is 0 Å². The summed E-state index contributed by atoms with van der Waals surface area (Å²) < 4.78 is 5.37. The number of carbonyl (C=O) groups is 2. The lowest BCUT2D eigenvalue weighted by atomic mass is 10.1. The Bertz CT molecular complexity index is 549. The van der Waals surface area contributed by atoms with Gasteiger partial charge in [0.2, 0.25) is 0 Å². The number of benzene rings is 1. The van der Waals surface area contributed by atoms with E-state index in [1.807, 2.05) is 26.8 Å². The average molecular weight is 277 g/mol. The van der Waals surface area contributed by atoms with Gasteiger partial charge in [0.05, 0.1) is 5.69 Å². The molecular formula is C14H19N3O3. The second kappa shape index (κ2) is 5.13. The Hall–Kier alpha value is -2.08. The first-order valence-electron chi connectivity index (χ1n) is 6.46. The molecule has 1 heterocycles. The summed E-state index contributed by atoms with van der Waals surface area (Å²) in [5.74, 6) is 4.74. The van der Waals surface area contributed by atoms with Crippen LogP contribution in [-0.4, -0.2) is 24.1 Å². The summed E-state index contributed by atoms with van der Waals surface area (Å²) in [6.45, 7) is 6.01. The first-order chi connectivity index (χ1) is 9.31. The summed E-state index contributed by atoms with van der Waals surface area (Å²) in [5.41, 5.74) is 3.68. The number of amides is 2. The van der Waals surface area contributed by atoms with Gasteiger partial charge in [-0.15, -0.1) is 0 Å². The zero-order valence-electron chi connectivity index (χ0n) is 11.9. The highest BCUT2D eigenvalue weighted by molar-refractivity contribution is 5.97. The molecule has 1 aliphatic rings. The molecule has 0 aromatic heterocycles. The predicted molar refractivity (Wildman–Crippen MR) is 75.4 cm³/mol. The number of nitrogen functional groups attached to an aromatic ring is 1. The van der Waals surface area contributed by atoms with Crippen molar-refractivity contribution in [2.24, 2.45) is 5.84 Å². The molecule has 1 aromatic rings. The topological polar surface area (TPSA) is 84.7 Å². The minimum Gasteiger partial charge on any atom is -0.443 e. The summed E-state index contributed by atoms with van der Waals surface area (Å²) >= 11 is 0. The zero-order chi connectivity index (χ0) is 14.9. The van der Waals surface area contributed by atoms with Crippen molar-refractivity contribution in [3.05, 3.63) is 29.3 Å². The van der Waals surface area contributed by atoms with Gasteiger partial charge in [0.1, 0.15) is 5.60 Å². The lowest BCUT2D eigenvalue weighted by molar-refractivity contribution is 0.0583. The monoisotopic (exact) mass is 277 g/mol. The minimum atomic E-state index is -0.550. The Morgan fingerprint density at radius 3 is 2.65 bits per heavy atom. The normalized spacial score (nSPS) is 13.9. The molecule has 0 spiro atoms. The quantitative estimate of drug-likeness (QED) is 0.464. The van der Waals surface area contributed by atoms with Gasteiger partial charge in [-0.05, 0) is 44.9 Å². The molecule has 1 aromatic carbocycles. The fourth-order valence-corrected chi connectivity index (χ4v) is 2.11. The number of nitrogens with zero attached hydrogens (tertiary/aromatic N) is 1. The Kier molecular flexibility index (Phi) is 3.67. The largest absolute Gasteiger partial charge is 0.443 e. The van der Waals surface area contributed by atoms with Crippen LogP contribution in [0.2, 0.25) is 0 Å². The fourth-order valence-electron chi connectivity index (χ4n) is 2.11. The highest BCUT2D eigenvalue weighted by Gasteiger charge is 2.29. The molecule has 0 bridgehead atoms. The number of hydrogen-bond donors (Lipinski definition) is 2. The van der Waals surface area contributed by atoms with Gasteiger partial charge in [-0.25, -0.2) is 10.6 Å². The van der Waals surface area contributed by atoms with E-state index >= 15 is 0 Å². The van der Waals surface area contributed by atoms with Gasteiger partial charge in [-0.2, -0.15) is 0 Å². The van der Waals surface area contributed by atoms with Gasteiger partial charge in [-0.3, -0.25) is 15.1 Å². The number of hydrogen-bond acceptors (Lipinski definition) is 4. The van der Waals surface area contributed by atoms with E-state index in [2.05, 4.69) is 5.43 Å². The Morgan fingerprint density at radius 1 is 1.35 bits per heavy atom. The van der Waals surface area contributed by atoms with Crippen molar-refractivity contribution in [1.82, 2.24) is 5.43 Å². The molecule has 0 atom stereocenters. The van der Waals surface area contributed by atoms with Crippen molar-refractivity contribution in [3.63, 3.8) is 0 Å². The van der Waals surface area contributed by atoms with Gasteiger partial charge in [0.15, 0.2) is 0 Å². The molecule has 2 amide bonds. The van der Waals surface area contributed by atoms with E-state index in [0.29, 0.717) is 17.8 Å². The molecule has 6 nitrogen and oxygen atoms in total. The summed E-state index contributed by atoms with van der Waals surface area (Å²) in [6.07, 6.45) is 0.348. The van der Waals surface area contributed by atoms with E-state index in [0.717, 1.165) is 12.0 Å². The maximum atomic E-state index is 12.2. The minimum absolute atomic E-state index is 0.385. The van der Waals surface area contributed by atoms with Gasteiger partial charge < -0.3 is 4.74 Å². The number of ether oxygens (including phenoxy) is 1. The predicted octanol–water partition coefficient (Wildman–Crippen LogP) is 1.59. The fraction of sp³-hybridized carbons (Fsp3) is 0.429. The Labute approximate surface area is 117 Å². The summed E-state index contributed by atoms with van der Waals surface area (Å²) in [5, 5.41) is 0. The Balaban J connectivity index is 2.27. The van der Waals surface area contributed by atoms with Crippen LogP contribution in [0.4, 0.5) is 10.5 Å². The average Bonchev–Trinajstić information content (AvgIpc) is 2.78. The summed E-state index contributed by atoms with van der Waals surface area (Å²) in [6, 6.07) is 5.19. The highest BCUT2D eigenvalue weighted by atomic mass is 16.6. The van der Waals surface area contributed by atoms with E-state index in [4.69, 9.17) is 10.6 Å². The molecule has 0 radical (unpaired) electrons. The van der Waals surface area contributed by atoms with Crippen molar-refractivity contribution in [2.45, 2.75) is 32.8 Å². The number of nitrogens with two attached hydrogens (primary N) is 1. The van der Waals surface area contributed by atoms with Gasteiger partial charge in [-0.1, -0.05) is 6.07 Å². The number of hydrazine groups is 1. The van der Waals surface area contributed by atoms with Crippen LogP contribution in [-0.2, 0) is 11.2 Å². The van der Waals surface area contributed by atoms with E-state index in [1.165, 1.54) is 0 Å². The molecule has 0 fully saturated rings. The van der Waals surface area contributed by atoms with E-state index in [-0.39, 0.29) is 5.91 Å². The standard InChI is InChI=1S/C14H19N3O3/c1-14(2,3)20-13(19)17-7-6-9-4-5-10(8-11(9)17)12(18)16-15/h4-5,8H,6-7,15H2,1-3H3,(H,16,18). The first kappa shape index (κ1) is 14.3. The lowest BCUT2D eigenvalue weighted by Gasteiger charge is -2.25. The smallest absolute Gasteiger partial charge is 0.414 e. The van der Waals surface area contributed by atoms with Crippen LogP contribution < -0.4 is 16.2 Å². The third-order valence-electron chi connectivity index (χ3n) is 2.99. The highest BCUT2D eigenvalue weighted by Crippen LogP contribution is 2.30. The van der Waals surface area contributed by atoms with Crippen LogP contribution >= 0.6 is 0 Å². The van der Waals surface area contributed by atoms with Crippen LogP contribution in [0, 0.1) is 0 Å². The third kappa shape index (κ3) is 2.91. The van der Waals surface area contributed by atoms with Crippen molar-refractivity contribution < 1.29 is 14.3 Å². The maximum absolute atomic E-state index is 12.2. The van der Waals surface area contributed by atoms with Crippen molar-refractivity contribution >= 4 is 17.7 Å². The number of anilines is 1.